The highest BCUT2D eigenvalue weighted by atomic mass is 19.4. The van der Waals surface area contributed by atoms with E-state index in [0.29, 0.717) is 17.4 Å². The van der Waals surface area contributed by atoms with Crippen LogP contribution in [0.3, 0.4) is 0 Å². The third kappa shape index (κ3) is 8.36. The molecule has 2 heterocycles. The summed E-state index contributed by atoms with van der Waals surface area (Å²) in [5.41, 5.74) is 11.8. The molecule has 0 unspecified atom stereocenters. The van der Waals surface area contributed by atoms with Gasteiger partial charge in [0.2, 0.25) is 0 Å². The smallest absolute Gasteiger partial charge is 0.308 e. The Kier molecular flexibility index (Phi) is 11.4. The van der Waals surface area contributed by atoms with Gasteiger partial charge >= 0.3 is 12.4 Å². The van der Waals surface area contributed by atoms with Gasteiger partial charge < -0.3 is 9.13 Å². The molecule has 0 aliphatic carbocycles. The Balaban J connectivity index is 1.28. The molecular weight excluding hydrogens is 961 g/mol. The number of aryl methyl sites for hydroxylation is 4. The third-order valence-corrected chi connectivity index (χ3v) is 14.6. The summed E-state index contributed by atoms with van der Waals surface area (Å²) in [4.78, 5) is 3.93. The number of fused-ring (bicyclic) bond motifs is 6. The Morgan fingerprint density at radius 1 is 0.342 bits per heavy atom. The van der Waals surface area contributed by atoms with Crippen LogP contribution in [0, 0.1) is 34.3 Å². The van der Waals surface area contributed by atoms with E-state index in [1.165, 1.54) is 0 Å². The summed E-state index contributed by atoms with van der Waals surface area (Å²) in [6, 6.07) is 62.5. The van der Waals surface area contributed by atoms with Gasteiger partial charge in [-0.15, -0.1) is 0 Å². The molecule has 0 radical (unpaired) electrons. The number of aromatic nitrogens is 2. The molecular formula is C67H45F6N3. The molecule has 0 aliphatic heterocycles. The minimum absolute atomic E-state index is 0.145. The lowest BCUT2D eigenvalue weighted by molar-refractivity contribution is -0.142. The van der Waals surface area contributed by atoms with Gasteiger partial charge in [0.15, 0.2) is 5.69 Å². The van der Waals surface area contributed by atoms with Crippen molar-refractivity contribution in [2.24, 2.45) is 0 Å². The van der Waals surface area contributed by atoms with Crippen LogP contribution in [0.1, 0.15) is 33.4 Å². The Morgan fingerprint density at radius 3 is 1.00 bits per heavy atom. The number of nitrogens with zero attached hydrogens (tertiary/aromatic N) is 3. The molecule has 12 rings (SSSR count). The minimum Gasteiger partial charge on any atom is -0.308 e. The van der Waals surface area contributed by atoms with E-state index in [1.54, 1.807) is 12.1 Å². The van der Waals surface area contributed by atoms with E-state index in [0.717, 1.165) is 116 Å². The molecule has 3 nitrogen and oxygen atoms in total. The van der Waals surface area contributed by atoms with Crippen LogP contribution >= 0.6 is 0 Å². The standard InChI is InChI=1S/C67H45F6N3/c1-39-10-6-14-43(28-39)47-18-23-53-54-24-19-48(44-15-7-11-40(2)29-44)33-61(54)75(60(53)32-47)64-37-57(52-27-22-51(66(68,69)70)36-58(52)67(71,72)73)59(74-5)38-65(64)76-62-34-49(45-16-8-12-41(3)30-45)20-25-55(62)56-26-21-50(35-63(56)76)46-17-9-13-42(4)31-46/h6-38H,1-4H3. The summed E-state index contributed by atoms with van der Waals surface area (Å²) in [6.07, 6.45) is -10.3. The summed E-state index contributed by atoms with van der Waals surface area (Å²) < 4.78 is 93.2. The van der Waals surface area contributed by atoms with Crippen LogP contribution in [0.2, 0.25) is 0 Å². The van der Waals surface area contributed by atoms with Crippen molar-refractivity contribution in [3.63, 3.8) is 0 Å². The summed E-state index contributed by atoms with van der Waals surface area (Å²) in [7, 11) is 0. The fraction of sp³-hybridized carbons (Fsp3) is 0.0896. The second-order valence-electron chi connectivity index (χ2n) is 19.8. The van der Waals surface area contributed by atoms with E-state index < -0.39 is 29.0 Å². The van der Waals surface area contributed by atoms with E-state index in [1.807, 2.05) is 100 Å². The number of alkyl halides is 6. The lowest BCUT2D eigenvalue weighted by Gasteiger charge is -2.22. The van der Waals surface area contributed by atoms with Gasteiger partial charge in [0.05, 0.1) is 51.1 Å². The highest BCUT2D eigenvalue weighted by molar-refractivity contribution is 6.14. The van der Waals surface area contributed by atoms with Gasteiger partial charge in [-0.3, -0.25) is 0 Å². The van der Waals surface area contributed by atoms with Gasteiger partial charge in [-0.2, -0.15) is 26.3 Å². The molecule has 0 atom stereocenters. The predicted octanol–water partition coefficient (Wildman–Crippen LogP) is 20.0. The van der Waals surface area contributed by atoms with Crippen molar-refractivity contribution in [2.75, 3.05) is 0 Å². The molecule has 12 aromatic rings. The zero-order valence-corrected chi connectivity index (χ0v) is 41.7. The van der Waals surface area contributed by atoms with Gasteiger partial charge in [-0.1, -0.05) is 174 Å². The number of rotatable bonds is 7. The molecule has 10 aromatic carbocycles. The fourth-order valence-corrected chi connectivity index (χ4v) is 11.0. The van der Waals surface area contributed by atoms with Gasteiger partial charge in [0.25, 0.3) is 0 Å². The monoisotopic (exact) mass is 1010 g/mol. The zero-order chi connectivity index (χ0) is 52.8. The molecule has 9 heteroatoms. The Hall–Kier alpha value is -9.13. The molecule has 0 saturated heterocycles. The Bertz CT molecular complexity index is 4180. The van der Waals surface area contributed by atoms with E-state index in [2.05, 4.69) is 111 Å². The van der Waals surface area contributed by atoms with Crippen molar-refractivity contribution in [1.29, 1.82) is 0 Å². The van der Waals surface area contributed by atoms with Crippen LogP contribution < -0.4 is 0 Å². The van der Waals surface area contributed by atoms with Crippen LogP contribution in [0.15, 0.2) is 200 Å². The van der Waals surface area contributed by atoms with Crippen molar-refractivity contribution in [2.45, 2.75) is 40.0 Å². The van der Waals surface area contributed by atoms with Gasteiger partial charge in [-0.25, -0.2) is 4.85 Å². The summed E-state index contributed by atoms with van der Waals surface area (Å²) in [6.45, 7) is 16.8. The highest BCUT2D eigenvalue weighted by Gasteiger charge is 2.39. The summed E-state index contributed by atoms with van der Waals surface area (Å²) in [5, 5.41) is 3.52. The minimum atomic E-state index is -5.22. The molecule has 370 valence electrons. The van der Waals surface area contributed by atoms with Crippen molar-refractivity contribution in [3.8, 4) is 67.0 Å². The molecule has 2 aromatic heterocycles. The lowest BCUT2D eigenvalue weighted by Crippen LogP contribution is -2.12. The van der Waals surface area contributed by atoms with Gasteiger partial charge in [0.1, 0.15) is 0 Å². The van der Waals surface area contributed by atoms with E-state index in [-0.39, 0.29) is 17.3 Å². The average Bonchev–Trinajstić information content (AvgIpc) is 4.02. The molecule has 0 saturated carbocycles. The van der Waals surface area contributed by atoms with Crippen LogP contribution in [0.5, 0.6) is 0 Å². The first kappa shape index (κ1) is 47.8. The normalized spacial score (nSPS) is 12.1. The zero-order valence-electron chi connectivity index (χ0n) is 41.7. The number of hydrogen-bond acceptors (Lipinski definition) is 0. The van der Waals surface area contributed by atoms with E-state index in [4.69, 9.17) is 6.57 Å². The molecule has 0 fully saturated rings. The van der Waals surface area contributed by atoms with Crippen LogP contribution in [-0.2, 0) is 12.4 Å². The number of hydrogen-bond donors (Lipinski definition) is 0. The van der Waals surface area contributed by atoms with Crippen molar-refractivity contribution >= 4 is 49.3 Å². The number of halogens is 6. The molecule has 0 spiro atoms. The molecule has 76 heavy (non-hydrogen) atoms. The third-order valence-electron chi connectivity index (χ3n) is 14.6. The predicted molar refractivity (Wildman–Crippen MR) is 298 cm³/mol. The summed E-state index contributed by atoms with van der Waals surface area (Å²) in [5.74, 6) is 0. The molecule has 0 amide bonds. The van der Waals surface area contributed by atoms with Gasteiger partial charge in [-0.05, 0) is 132 Å². The van der Waals surface area contributed by atoms with Crippen LogP contribution in [-0.4, -0.2) is 9.13 Å². The number of benzene rings is 10. The maximum absolute atomic E-state index is 15.4. The Morgan fingerprint density at radius 2 is 0.684 bits per heavy atom. The topological polar surface area (TPSA) is 14.2 Å². The maximum atomic E-state index is 15.4. The maximum Gasteiger partial charge on any atom is 0.416 e. The van der Waals surface area contributed by atoms with Crippen molar-refractivity contribution < 1.29 is 26.3 Å². The molecule has 0 N–H and O–H groups in total. The van der Waals surface area contributed by atoms with E-state index in [9.17, 15) is 13.2 Å². The fourth-order valence-electron chi connectivity index (χ4n) is 11.0. The van der Waals surface area contributed by atoms with E-state index >= 15 is 13.2 Å². The highest BCUT2D eigenvalue weighted by Crippen LogP contribution is 2.49. The second-order valence-corrected chi connectivity index (χ2v) is 19.8. The van der Waals surface area contributed by atoms with Crippen LogP contribution in [0.4, 0.5) is 32.0 Å². The first-order chi connectivity index (χ1) is 36.5. The van der Waals surface area contributed by atoms with Gasteiger partial charge in [0, 0.05) is 21.5 Å². The molecule has 0 bridgehead atoms. The lowest BCUT2D eigenvalue weighted by atomic mass is 9.94. The first-order valence-corrected chi connectivity index (χ1v) is 24.8. The molecule has 0 aliphatic rings. The van der Waals surface area contributed by atoms with Crippen LogP contribution in [0.25, 0.3) is 115 Å². The average molecular weight is 1010 g/mol. The quantitative estimate of drug-likeness (QED) is 0.112. The largest absolute Gasteiger partial charge is 0.416 e. The SMILES string of the molecule is [C-]#[N+]c1cc(-n2c3cc(-c4cccc(C)c4)ccc3c3ccc(-c4cccc(C)c4)cc32)c(-n2c3cc(-c4cccc(C)c4)ccc3c3ccc(-c4cccc(C)c4)cc32)cc1-c1ccc(C(F)(F)F)cc1C(F)(F)F. The first-order valence-electron chi connectivity index (χ1n) is 24.8. The second kappa shape index (κ2) is 18.1. The van der Waals surface area contributed by atoms with Crippen molar-refractivity contribution in [1.82, 2.24) is 9.13 Å². The van der Waals surface area contributed by atoms with Crippen molar-refractivity contribution in [3.05, 3.63) is 245 Å². The Labute approximate surface area is 435 Å². The summed E-state index contributed by atoms with van der Waals surface area (Å²) >= 11 is 0.